The first-order valence-electron chi connectivity index (χ1n) is 6.11. The summed E-state index contributed by atoms with van der Waals surface area (Å²) in [4.78, 5) is 11.9. The first-order chi connectivity index (χ1) is 8.79. The van der Waals surface area contributed by atoms with Crippen molar-refractivity contribution in [3.63, 3.8) is 0 Å². The topological polar surface area (TPSA) is 70.6 Å². The van der Waals surface area contributed by atoms with E-state index in [1.165, 1.54) is 0 Å². The van der Waals surface area contributed by atoms with E-state index in [0.29, 0.717) is 26.2 Å². The van der Waals surface area contributed by atoms with Crippen LogP contribution in [0.15, 0.2) is 24.3 Å². The first kappa shape index (κ1) is 15.9. The van der Waals surface area contributed by atoms with Crippen LogP contribution in [-0.4, -0.2) is 43.4 Å². The largest absolute Gasteiger partial charge is 0.396 e. The summed E-state index contributed by atoms with van der Waals surface area (Å²) in [7, 11) is 0. The summed E-state index contributed by atoms with van der Waals surface area (Å²) in [6, 6.07) is 7.20. The number of anilines is 1. The summed E-state index contributed by atoms with van der Waals surface area (Å²) in [5, 5.41) is 14.8. The highest BCUT2D eigenvalue weighted by molar-refractivity contribution is 5.95. The molecule has 1 aliphatic rings. The number of carbonyl (C=O) groups excluding carboxylic acids is 1. The number of rotatable bonds is 4. The molecule has 0 bridgehead atoms. The van der Waals surface area contributed by atoms with Crippen LogP contribution in [-0.2, 0) is 16.0 Å². The minimum atomic E-state index is -0.282. The van der Waals surface area contributed by atoms with E-state index >= 15 is 0 Å². The molecule has 2 rings (SSSR count). The highest BCUT2D eigenvalue weighted by Gasteiger charge is 2.20. The summed E-state index contributed by atoms with van der Waals surface area (Å²) >= 11 is 0. The van der Waals surface area contributed by atoms with Gasteiger partial charge in [-0.2, -0.15) is 0 Å². The summed E-state index contributed by atoms with van der Waals surface area (Å²) in [6.45, 7) is 1.90. The molecule has 3 N–H and O–H groups in total. The number of nitrogens with one attached hydrogen (secondary N) is 2. The van der Waals surface area contributed by atoms with Crippen molar-refractivity contribution in [3.05, 3.63) is 29.8 Å². The van der Waals surface area contributed by atoms with Gasteiger partial charge in [-0.05, 0) is 24.1 Å². The molecule has 1 heterocycles. The number of hydrogen-bond acceptors (Lipinski definition) is 4. The molecule has 1 aromatic carbocycles. The third-order valence-corrected chi connectivity index (χ3v) is 2.86. The average Bonchev–Trinajstić information content (AvgIpc) is 2.42. The predicted octanol–water partition coefficient (Wildman–Crippen LogP) is 0.570. The van der Waals surface area contributed by atoms with E-state index in [1.54, 1.807) is 0 Å². The molecule has 5 nitrogen and oxygen atoms in total. The predicted molar refractivity (Wildman–Crippen MR) is 75.7 cm³/mol. The normalized spacial score (nSPS) is 18.5. The lowest BCUT2D eigenvalue weighted by atomic mass is 10.1. The van der Waals surface area contributed by atoms with Crippen LogP contribution in [0.5, 0.6) is 0 Å². The van der Waals surface area contributed by atoms with Crippen LogP contribution in [0, 0.1) is 0 Å². The van der Waals surface area contributed by atoms with E-state index in [-0.39, 0.29) is 31.0 Å². The Labute approximate surface area is 118 Å². The third-order valence-electron chi connectivity index (χ3n) is 2.86. The summed E-state index contributed by atoms with van der Waals surface area (Å²) < 4.78 is 5.24. The zero-order valence-electron chi connectivity index (χ0n) is 10.6. The smallest absolute Gasteiger partial charge is 0.243 e. The molecule has 1 saturated heterocycles. The van der Waals surface area contributed by atoms with Gasteiger partial charge in [-0.3, -0.25) is 4.79 Å². The van der Waals surface area contributed by atoms with Crippen molar-refractivity contribution in [1.29, 1.82) is 0 Å². The van der Waals surface area contributed by atoms with E-state index in [4.69, 9.17) is 9.84 Å². The molecular formula is C13H19ClN2O3. The van der Waals surface area contributed by atoms with Gasteiger partial charge in [0.25, 0.3) is 0 Å². The first-order valence-corrected chi connectivity index (χ1v) is 6.11. The third kappa shape index (κ3) is 4.80. The van der Waals surface area contributed by atoms with Crippen LogP contribution >= 0.6 is 12.4 Å². The SMILES string of the molecule is Cl.O=C(Nc1ccc(CCO)cc1)C1COCCN1. The van der Waals surface area contributed by atoms with Gasteiger partial charge in [0.2, 0.25) is 5.91 Å². The molecule has 1 atom stereocenters. The molecule has 0 aliphatic carbocycles. The van der Waals surface area contributed by atoms with Gasteiger partial charge in [0, 0.05) is 18.8 Å². The van der Waals surface area contributed by atoms with E-state index in [9.17, 15) is 4.79 Å². The molecule has 1 amide bonds. The molecule has 1 fully saturated rings. The number of ether oxygens (including phenoxy) is 1. The maximum atomic E-state index is 11.9. The average molecular weight is 287 g/mol. The van der Waals surface area contributed by atoms with Crippen molar-refractivity contribution >= 4 is 24.0 Å². The van der Waals surface area contributed by atoms with Crippen LogP contribution in [0.4, 0.5) is 5.69 Å². The lowest BCUT2D eigenvalue weighted by Gasteiger charge is -2.22. The van der Waals surface area contributed by atoms with Crippen molar-refractivity contribution in [2.75, 3.05) is 31.7 Å². The molecule has 1 aromatic rings. The fourth-order valence-corrected chi connectivity index (χ4v) is 1.85. The van der Waals surface area contributed by atoms with Crippen LogP contribution in [0.2, 0.25) is 0 Å². The number of morpholine rings is 1. The maximum Gasteiger partial charge on any atom is 0.243 e. The van der Waals surface area contributed by atoms with Crippen molar-refractivity contribution in [2.45, 2.75) is 12.5 Å². The Kier molecular flexibility index (Phi) is 6.80. The number of aliphatic hydroxyl groups excluding tert-OH is 1. The van der Waals surface area contributed by atoms with Gasteiger partial charge < -0.3 is 20.5 Å². The zero-order valence-corrected chi connectivity index (χ0v) is 11.4. The van der Waals surface area contributed by atoms with Crippen molar-refractivity contribution in [3.8, 4) is 0 Å². The van der Waals surface area contributed by atoms with Gasteiger partial charge in [0.15, 0.2) is 0 Å². The summed E-state index contributed by atoms with van der Waals surface area (Å²) in [5.41, 5.74) is 1.81. The molecule has 6 heteroatoms. The van der Waals surface area contributed by atoms with E-state index in [1.807, 2.05) is 24.3 Å². The van der Waals surface area contributed by atoms with E-state index < -0.39 is 0 Å². The highest BCUT2D eigenvalue weighted by Crippen LogP contribution is 2.10. The van der Waals surface area contributed by atoms with Gasteiger partial charge in [0.1, 0.15) is 6.04 Å². The number of benzene rings is 1. The molecule has 1 unspecified atom stereocenters. The van der Waals surface area contributed by atoms with Gasteiger partial charge in [-0.25, -0.2) is 0 Å². The van der Waals surface area contributed by atoms with E-state index in [0.717, 1.165) is 11.3 Å². The van der Waals surface area contributed by atoms with Crippen LogP contribution < -0.4 is 10.6 Å². The maximum absolute atomic E-state index is 11.9. The Hall–Kier alpha value is -1.14. The molecule has 0 spiro atoms. The monoisotopic (exact) mass is 286 g/mol. The number of halogens is 1. The molecular weight excluding hydrogens is 268 g/mol. The van der Waals surface area contributed by atoms with Gasteiger partial charge in [-0.1, -0.05) is 12.1 Å². The second-order valence-corrected chi connectivity index (χ2v) is 4.24. The van der Waals surface area contributed by atoms with Gasteiger partial charge in [0.05, 0.1) is 13.2 Å². The van der Waals surface area contributed by atoms with Crippen LogP contribution in [0.3, 0.4) is 0 Å². The molecule has 0 aromatic heterocycles. The minimum absolute atomic E-state index is 0. The lowest BCUT2D eigenvalue weighted by Crippen LogP contribution is -2.48. The van der Waals surface area contributed by atoms with Crippen molar-refractivity contribution in [1.82, 2.24) is 5.32 Å². The Bertz CT molecular complexity index is 391. The standard InChI is InChI=1S/C13H18N2O3.ClH/c16-7-5-10-1-3-11(4-2-10)15-13(17)12-9-18-8-6-14-12;/h1-4,12,14,16H,5-9H2,(H,15,17);1H. The molecule has 1 aliphatic heterocycles. The fourth-order valence-electron chi connectivity index (χ4n) is 1.85. The van der Waals surface area contributed by atoms with Crippen LogP contribution in [0.1, 0.15) is 5.56 Å². The summed E-state index contributed by atoms with van der Waals surface area (Å²) in [5.74, 6) is -0.0791. The number of amides is 1. The van der Waals surface area contributed by atoms with Gasteiger partial charge in [-0.15, -0.1) is 12.4 Å². The summed E-state index contributed by atoms with van der Waals surface area (Å²) in [6.07, 6.45) is 0.631. The Morgan fingerprint density at radius 2 is 2.16 bits per heavy atom. The molecule has 19 heavy (non-hydrogen) atoms. The van der Waals surface area contributed by atoms with Crippen LogP contribution in [0.25, 0.3) is 0 Å². The Morgan fingerprint density at radius 3 is 2.74 bits per heavy atom. The second-order valence-electron chi connectivity index (χ2n) is 4.24. The van der Waals surface area contributed by atoms with Crippen molar-refractivity contribution in [2.24, 2.45) is 0 Å². The fraction of sp³-hybridized carbons (Fsp3) is 0.462. The quantitative estimate of drug-likeness (QED) is 0.757. The van der Waals surface area contributed by atoms with Crippen molar-refractivity contribution < 1.29 is 14.6 Å². The van der Waals surface area contributed by atoms with Gasteiger partial charge >= 0.3 is 0 Å². The molecule has 0 saturated carbocycles. The number of carbonyl (C=O) groups is 1. The highest BCUT2D eigenvalue weighted by atomic mass is 35.5. The molecule has 0 radical (unpaired) electrons. The molecule has 106 valence electrons. The number of aliphatic hydroxyl groups is 1. The Balaban J connectivity index is 0.00000180. The Morgan fingerprint density at radius 1 is 1.42 bits per heavy atom. The van der Waals surface area contributed by atoms with E-state index in [2.05, 4.69) is 10.6 Å². The second kappa shape index (κ2) is 8.12. The minimum Gasteiger partial charge on any atom is -0.396 e. The lowest BCUT2D eigenvalue weighted by molar-refractivity contribution is -0.120. The number of hydrogen-bond donors (Lipinski definition) is 3. The zero-order chi connectivity index (χ0) is 12.8.